The topological polar surface area (TPSA) is 78.9 Å². The van der Waals surface area contributed by atoms with Crippen LogP contribution in [0.3, 0.4) is 0 Å². The van der Waals surface area contributed by atoms with E-state index >= 15 is 0 Å². The zero-order chi connectivity index (χ0) is 48.2. The Labute approximate surface area is 412 Å². The summed E-state index contributed by atoms with van der Waals surface area (Å²) in [6, 6.07) is 0. The average molecular weight is 934 g/mol. The van der Waals surface area contributed by atoms with Gasteiger partial charge in [-0.05, 0) is 31.1 Å². The minimum atomic E-state index is -0.763. The number of hydrogen-bond donors (Lipinski definition) is 0. The fourth-order valence-corrected chi connectivity index (χ4v) is 9.20. The van der Waals surface area contributed by atoms with Crippen molar-refractivity contribution in [1.29, 1.82) is 0 Å². The molecule has 0 amide bonds. The highest BCUT2D eigenvalue weighted by Crippen LogP contribution is 2.19. The standard InChI is InChI=1S/C60H116O6/c1-6-8-9-10-11-12-13-14-15-16-17-18-22-25-30-35-40-45-50-58(61)64-53-57(54-65-59(62)51-46-41-36-32-27-28-33-38-43-48-55(3)4)66-60(63)52-47-42-37-31-26-23-20-19-21-24-29-34-39-44-49-56(5)7-2/h55-57H,6-54H2,1-5H3/t56?,57-/m0/s1. The number of unbranched alkanes of at least 4 members (excludes halogenated alkanes) is 38. The third-order valence-corrected chi connectivity index (χ3v) is 14.1. The Kier molecular flexibility index (Phi) is 51.5. The van der Waals surface area contributed by atoms with Crippen molar-refractivity contribution in [3.8, 4) is 0 Å². The first-order chi connectivity index (χ1) is 32.3. The van der Waals surface area contributed by atoms with Crippen LogP contribution in [0.1, 0.15) is 336 Å². The zero-order valence-electron chi connectivity index (χ0n) is 45.3. The van der Waals surface area contributed by atoms with Gasteiger partial charge in [0.05, 0.1) is 0 Å². The average Bonchev–Trinajstić information content (AvgIpc) is 3.30. The largest absolute Gasteiger partial charge is 0.462 e. The van der Waals surface area contributed by atoms with Crippen LogP contribution in [0.2, 0.25) is 0 Å². The molecule has 392 valence electrons. The zero-order valence-corrected chi connectivity index (χ0v) is 45.3. The molecule has 0 fully saturated rings. The van der Waals surface area contributed by atoms with Crippen molar-refractivity contribution in [1.82, 2.24) is 0 Å². The van der Waals surface area contributed by atoms with Crippen LogP contribution in [0.25, 0.3) is 0 Å². The molecule has 0 rings (SSSR count). The molecule has 2 atom stereocenters. The first-order valence-corrected chi connectivity index (χ1v) is 29.8. The lowest BCUT2D eigenvalue weighted by atomic mass is 9.99. The quantitative estimate of drug-likeness (QED) is 0.0343. The summed E-state index contributed by atoms with van der Waals surface area (Å²) in [4.78, 5) is 38.2. The fourth-order valence-electron chi connectivity index (χ4n) is 9.20. The van der Waals surface area contributed by atoms with Gasteiger partial charge in [-0.15, -0.1) is 0 Å². The van der Waals surface area contributed by atoms with Crippen LogP contribution in [0, 0.1) is 11.8 Å². The second-order valence-corrected chi connectivity index (χ2v) is 21.4. The number of rotatable bonds is 54. The van der Waals surface area contributed by atoms with Gasteiger partial charge in [0.2, 0.25) is 0 Å². The summed E-state index contributed by atoms with van der Waals surface area (Å²) in [5.74, 6) is 0.864. The summed E-state index contributed by atoms with van der Waals surface area (Å²) in [5.41, 5.74) is 0. The summed E-state index contributed by atoms with van der Waals surface area (Å²) >= 11 is 0. The maximum atomic E-state index is 12.9. The van der Waals surface area contributed by atoms with Crippen LogP contribution in [0.5, 0.6) is 0 Å². The van der Waals surface area contributed by atoms with Gasteiger partial charge in [0.1, 0.15) is 13.2 Å². The van der Waals surface area contributed by atoms with Crippen LogP contribution >= 0.6 is 0 Å². The molecule has 0 aromatic heterocycles. The van der Waals surface area contributed by atoms with E-state index in [-0.39, 0.29) is 31.1 Å². The molecule has 0 spiro atoms. The molecule has 6 nitrogen and oxygen atoms in total. The van der Waals surface area contributed by atoms with Crippen molar-refractivity contribution >= 4 is 17.9 Å². The molecule has 6 heteroatoms. The maximum Gasteiger partial charge on any atom is 0.306 e. The summed E-state index contributed by atoms with van der Waals surface area (Å²) in [5, 5.41) is 0. The predicted octanol–water partition coefficient (Wildman–Crippen LogP) is 19.7. The Morgan fingerprint density at radius 3 is 0.864 bits per heavy atom. The molecule has 0 aliphatic rings. The molecule has 0 bridgehead atoms. The molecule has 0 aliphatic carbocycles. The first-order valence-electron chi connectivity index (χ1n) is 29.8. The van der Waals surface area contributed by atoms with E-state index in [0.717, 1.165) is 69.6 Å². The van der Waals surface area contributed by atoms with Crippen molar-refractivity contribution in [2.75, 3.05) is 13.2 Å². The number of carbonyl (C=O) groups excluding carboxylic acids is 3. The number of hydrogen-bond acceptors (Lipinski definition) is 6. The van der Waals surface area contributed by atoms with Crippen LogP contribution in [0.15, 0.2) is 0 Å². The lowest BCUT2D eigenvalue weighted by Gasteiger charge is -2.18. The van der Waals surface area contributed by atoms with Crippen molar-refractivity contribution < 1.29 is 28.6 Å². The first kappa shape index (κ1) is 64.4. The molecular weight excluding hydrogens is 817 g/mol. The molecule has 0 aromatic rings. The molecule has 66 heavy (non-hydrogen) atoms. The third kappa shape index (κ3) is 51.8. The molecule has 0 aromatic carbocycles. The summed E-state index contributed by atoms with van der Waals surface area (Å²) in [6.07, 6.45) is 56.6. The third-order valence-electron chi connectivity index (χ3n) is 14.1. The molecular formula is C60H116O6. The van der Waals surface area contributed by atoms with Crippen molar-refractivity contribution in [3.63, 3.8) is 0 Å². The van der Waals surface area contributed by atoms with Crippen molar-refractivity contribution in [2.24, 2.45) is 11.8 Å². The van der Waals surface area contributed by atoms with E-state index in [1.54, 1.807) is 0 Å². The van der Waals surface area contributed by atoms with E-state index in [4.69, 9.17) is 14.2 Å². The SMILES string of the molecule is CCCCCCCCCCCCCCCCCCCCC(=O)OC[C@@H](COC(=O)CCCCCCCCCCCC(C)C)OC(=O)CCCCCCCCCCCCCCCCC(C)CC. The Hall–Kier alpha value is -1.59. The molecule has 0 N–H and O–H groups in total. The van der Waals surface area contributed by atoms with Gasteiger partial charge >= 0.3 is 17.9 Å². The summed E-state index contributed by atoms with van der Waals surface area (Å²) < 4.78 is 16.9. The Balaban J connectivity index is 4.27. The smallest absolute Gasteiger partial charge is 0.306 e. The summed E-state index contributed by atoms with van der Waals surface area (Å²) in [7, 11) is 0. The molecule has 1 unspecified atom stereocenters. The van der Waals surface area contributed by atoms with Crippen molar-refractivity contribution in [3.05, 3.63) is 0 Å². The van der Waals surface area contributed by atoms with E-state index in [1.807, 2.05) is 0 Å². The number of ether oxygens (including phenoxy) is 3. The van der Waals surface area contributed by atoms with E-state index < -0.39 is 6.10 Å². The van der Waals surface area contributed by atoms with E-state index in [0.29, 0.717) is 19.3 Å². The van der Waals surface area contributed by atoms with Crippen LogP contribution in [-0.4, -0.2) is 37.2 Å². The molecule has 0 saturated carbocycles. The predicted molar refractivity (Wildman–Crippen MR) is 284 cm³/mol. The number of carbonyl (C=O) groups is 3. The van der Waals surface area contributed by atoms with Crippen LogP contribution in [-0.2, 0) is 28.6 Å². The summed E-state index contributed by atoms with van der Waals surface area (Å²) in [6.45, 7) is 11.4. The van der Waals surface area contributed by atoms with Gasteiger partial charge in [-0.3, -0.25) is 14.4 Å². The van der Waals surface area contributed by atoms with Gasteiger partial charge in [0, 0.05) is 19.3 Å². The van der Waals surface area contributed by atoms with E-state index in [2.05, 4.69) is 34.6 Å². The molecule has 0 heterocycles. The van der Waals surface area contributed by atoms with Crippen LogP contribution in [0.4, 0.5) is 0 Å². The second-order valence-electron chi connectivity index (χ2n) is 21.4. The monoisotopic (exact) mass is 933 g/mol. The van der Waals surface area contributed by atoms with Crippen molar-refractivity contribution in [2.45, 2.75) is 343 Å². The lowest BCUT2D eigenvalue weighted by molar-refractivity contribution is -0.167. The molecule has 0 saturated heterocycles. The van der Waals surface area contributed by atoms with Gasteiger partial charge in [-0.25, -0.2) is 0 Å². The van der Waals surface area contributed by atoms with Gasteiger partial charge in [0.15, 0.2) is 6.10 Å². The van der Waals surface area contributed by atoms with Gasteiger partial charge in [0.25, 0.3) is 0 Å². The minimum absolute atomic E-state index is 0.0627. The Bertz CT molecular complexity index is 1010. The van der Waals surface area contributed by atoms with E-state index in [9.17, 15) is 14.4 Å². The Morgan fingerprint density at radius 1 is 0.318 bits per heavy atom. The highest BCUT2D eigenvalue weighted by molar-refractivity contribution is 5.71. The highest BCUT2D eigenvalue weighted by Gasteiger charge is 2.19. The Morgan fingerprint density at radius 2 is 0.576 bits per heavy atom. The van der Waals surface area contributed by atoms with E-state index in [1.165, 1.54) is 225 Å². The van der Waals surface area contributed by atoms with Gasteiger partial charge < -0.3 is 14.2 Å². The minimum Gasteiger partial charge on any atom is -0.462 e. The molecule has 0 radical (unpaired) electrons. The normalized spacial score (nSPS) is 12.5. The second kappa shape index (κ2) is 52.8. The van der Waals surface area contributed by atoms with Gasteiger partial charge in [-0.2, -0.15) is 0 Å². The lowest BCUT2D eigenvalue weighted by Crippen LogP contribution is -2.30. The molecule has 0 aliphatic heterocycles. The van der Waals surface area contributed by atoms with Crippen LogP contribution < -0.4 is 0 Å². The number of esters is 3. The highest BCUT2D eigenvalue weighted by atomic mass is 16.6. The maximum absolute atomic E-state index is 12.9. The fraction of sp³-hybridized carbons (Fsp3) is 0.950. The van der Waals surface area contributed by atoms with Gasteiger partial charge in [-0.1, -0.05) is 298 Å².